The van der Waals surface area contributed by atoms with Crippen molar-refractivity contribution in [3.05, 3.63) is 64.5 Å². The summed E-state index contributed by atoms with van der Waals surface area (Å²) in [6, 6.07) is 4.91. The molecule has 2 heterocycles. The van der Waals surface area contributed by atoms with Gasteiger partial charge >= 0.3 is 0 Å². The molecule has 1 N–H and O–H groups in total. The molecule has 1 amide bonds. The molecule has 3 rings (SSSR count). The Hall–Kier alpha value is -3.13. The molecule has 29 heavy (non-hydrogen) atoms. The first kappa shape index (κ1) is 20.6. The number of rotatable bonds is 5. The van der Waals surface area contributed by atoms with E-state index in [0.29, 0.717) is 18.1 Å². The number of ketones is 1. The van der Waals surface area contributed by atoms with Gasteiger partial charge in [0.25, 0.3) is 11.7 Å². The van der Waals surface area contributed by atoms with Crippen LogP contribution in [0.4, 0.5) is 4.39 Å². The number of likely N-dealkylation sites (tertiary alicyclic amines) is 1. The fourth-order valence-corrected chi connectivity index (χ4v) is 3.40. The Labute approximate surface area is 168 Å². The summed E-state index contributed by atoms with van der Waals surface area (Å²) in [5, 5.41) is 11.0. The van der Waals surface area contributed by atoms with E-state index in [1.807, 2.05) is 19.0 Å². The number of halogens is 1. The smallest absolute Gasteiger partial charge is 0.295 e. The SMILES string of the molecule is Cc1ncc(/C(O)=C2\C(=O)C(=O)N(CCN(C)C)[C@H]2c2ccccc2F)c(C)n1. The molecule has 2 aromatic rings. The topological polar surface area (TPSA) is 86.6 Å². The molecule has 1 atom stereocenters. The van der Waals surface area contributed by atoms with Gasteiger partial charge in [-0.15, -0.1) is 0 Å². The number of Topliss-reactive ketones (excluding diaryl/α,β-unsaturated/α-hetero) is 1. The molecule has 1 aliphatic heterocycles. The Morgan fingerprint density at radius 3 is 2.55 bits per heavy atom. The summed E-state index contributed by atoms with van der Waals surface area (Å²) >= 11 is 0. The monoisotopic (exact) mass is 398 g/mol. The van der Waals surface area contributed by atoms with Crippen molar-refractivity contribution in [3.63, 3.8) is 0 Å². The van der Waals surface area contributed by atoms with Crippen LogP contribution in [0.15, 0.2) is 36.0 Å². The first-order chi connectivity index (χ1) is 13.7. The predicted octanol–water partition coefficient (Wildman–Crippen LogP) is 2.22. The molecule has 1 aromatic carbocycles. The number of likely N-dealkylation sites (N-methyl/N-ethyl adjacent to an activating group) is 1. The second-order valence-corrected chi connectivity index (χ2v) is 7.23. The third kappa shape index (κ3) is 3.88. The highest BCUT2D eigenvalue weighted by atomic mass is 19.1. The van der Waals surface area contributed by atoms with Crippen LogP contribution < -0.4 is 0 Å². The largest absolute Gasteiger partial charge is 0.507 e. The predicted molar refractivity (Wildman–Crippen MR) is 105 cm³/mol. The standard InChI is InChI=1S/C21H23FN4O3/c1-12-15(11-23-13(2)24-12)19(27)17-18(14-7-5-6-8-16(14)22)26(10-9-25(3)4)21(29)20(17)28/h5-8,11,18,27H,9-10H2,1-4H3/b19-17+/t18-/m0/s1. The number of carbonyl (C=O) groups excluding carboxylic acids is 2. The van der Waals surface area contributed by atoms with Crippen LogP contribution in [0, 0.1) is 19.7 Å². The van der Waals surface area contributed by atoms with Crippen LogP contribution in [0.3, 0.4) is 0 Å². The molecule has 7 nitrogen and oxygen atoms in total. The molecule has 8 heteroatoms. The summed E-state index contributed by atoms with van der Waals surface area (Å²) in [6.45, 7) is 4.06. The van der Waals surface area contributed by atoms with Crippen LogP contribution in [0.5, 0.6) is 0 Å². The summed E-state index contributed by atoms with van der Waals surface area (Å²) in [6.07, 6.45) is 1.40. The Balaban J connectivity index is 2.21. The maximum atomic E-state index is 14.7. The highest BCUT2D eigenvalue weighted by molar-refractivity contribution is 6.46. The van der Waals surface area contributed by atoms with Crippen LogP contribution in [0.25, 0.3) is 5.76 Å². The highest BCUT2D eigenvalue weighted by Crippen LogP contribution is 2.40. The number of aromatic nitrogens is 2. The quantitative estimate of drug-likeness (QED) is 0.472. The van der Waals surface area contributed by atoms with Crippen LogP contribution in [-0.2, 0) is 9.59 Å². The average Bonchev–Trinajstić information content (AvgIpc) is 2.90. The maximum Gasteiger partial charge on any atom is 0.295 e. The molecule has 0 bridgehead atoms. The van der Waals surface area contributed by atoms with E-state index in [2.05, 4.69) is 9.97 Å². The summed E-state index contributed by atoms with van der Waals surface area (Å²) in [5.41, 5.74) is 0.691. The zero-order valence-electron chi connectivity index (χ0n) is 16.8. The minimum absolute atomic E-state index is 0.151. The van der Waals surface area contributed by atoms with E-state index in [9.17, 15) is 19.1 Å². The number of hydrogen-bond acceptors (Lipinski definition) is 6. The van der Waals surface area contributed by atoms with Crippen molar-refractivity contribution in [3.8, 4) is 0 Å². The second-order valence-electron chi connectivity index (χ2n) is 7.23. The second kappa shape index (κ2) is 8.08. The van der Waals surface area contributed by atoms with E-state index in [-0.39, 0.29) is 23.2 Å². The number of carbonyl (C=O) groups is 2. The number of aryl methyl sites for hydroxylation is 2. The number of hydrogen-bond donors (Lipinski definition) is 1. The molecule has 1 saturated heterocycles. The normalized spacial score (nSPS) is 18.7. The molecule has 1 aromatic heterocycles. The van der Waals surface area contributed by atoms with Crippen LogP contribution in [-0.4, -0.2) is 63.7 Å². The first-order valence-corrected chi connectivity index (χ1v) is 9.20. The van der Waals surface area contributed by atoms with E-state index in [4.69, 9.17) is 0 Å². The van der Waals surface area contributed by atoms with Gasteiger partial charge in [-0.05, 0) is 34.0 Å². The fourth-order valence-electron chi connectivity index (χ4n) is 3.40. The van der Waals surface area contributed by atoms with Crippen molar-refractivity contribution >= 4 is 17.4 Å². The van der Waals surface area contributed by atoms with Crippen LogP contribution in [0.2, 0.25) is 0 Å². The number of amides is 1. The summed E-state index contributed by atoms with van der Waals surface area (Å²) in [5.74, 6) is -2.07. The van der Waals surface area contributed by atoms with Gasteiger partial charge in [0.05, 0.1) is 22.9 Å². The number of aliphatic hydroxyl groups excluding tert-OH is 1. The van der Waals surface area contributed by atoms with Crippen molar-refractivity contribution in [2.45, 2.75) is 19.9 Å². The van der Waals surface area contributed by atoms with Gasteiger partial charge in [0.15, 0.2) is 0 Å². The number of benzene rings is 1. The van der Waals surface area contributed by atoms with Crippen molar-refractivity contribution in [2.75, 3.05) is 27.2 Å². The fraction of sp³-hybridized carbons (Fsp3) is 0.333. The lowest BCUT2D eigenvalue weighted by atomic mass is 9.95. The van der Waals surface area contributed by atoms with Gasteiger partial charge in [-0.25, -0.2) is 14.4 Å². The van der Waals surface area contributed by atoms with Crippen molar-refractivity contribution in [1.29, 1.82) is 0 Å². The van der Waals surface area contributed by atoms with Crippen LogP contribution >= 0.6 is 0 Å². The van der Waals surface area contributed by atoms with Crippen LogP contribution in [0.1, 0.15) is 28.7 Å². The van der Waals surface area contributed by atoms with Gasteiger partial charge in [-0.2, -0.15) is 0 Å². The summed E-state index contributed by atoms with van der Waals surface area (Å²) in [7, 11) is 3.67. The first-order valence-electron chi connectivity index (χ1n) is 9.20. The molecule has 1 aliphatic rings. The molecular formula is C21H23FN4O3. The van der Waals surface area contributed by atoms with E-state index < -0.39 is 29.3 Å². The Morgan fingerprint density at radius 2 is 1.93 bits per heavy atom. The Kier molecular flexibility index (Phi) is 5.74. The Morgan fingerprint density at radius 1 is 1.24 bits per heavy atom. The van der Waals surface area contributed by atoms with Crippen molar-refractivity contribution < 1.29 is 19.1 Å². The van der Waals surface area contributed by atoms with Gasteiger partial charge in [0, 0.05) is 24.8 Å². The molecule has 0 spiro atoms. The minimum Gasteiger partial charge on any atom is -0.507 e. The molecule has 0 unspecified atom stereocenters. The van der Waals surface area contributed by atoms with Gasteiger partial charge in [-0.3, -0.25) is 9.59 Å². The molecule has 0 saturated carbocycles. The van der Waals surface area contributed by atoms with E-state index in [1.165, 1.54) is 29.3 Å². The lowest BCUT2D eigenvalue weighted by Gasteiger charge is -2.26. The third-order valence-corrected chi connectivity index (χ3v) is 4.88. The molecule has 152 valence electrons. The molecule has 1 fully saturated rings. The molecule has 0 radical (unpaired) electrons. The lowest BCUT2D eigenvalue weighted by Crippen LogP contribution is -2.35. The summed E-state index contributed by atoms with van der Waals surface area (Å²) < 4.78 is 14.7. The highest BCUT2D eigenvalue weighted by Gasteiger charge is 2.46. The minimum atomic E-state index is -1.03. The lowest BCUT2D eigenvalue weighted by molar-refractivity contribution is -0.140. The zero-order chi connectivity index (χ0) is 21.3. The number of aliphatic hydroxyl groups is 1. The van der Waals surface area contributed by atoms with Gasteiger partial charge in [0.2, 0.25) is 0 Å². The average molecular weight is 398 g/mol. The number of nitrogens with zero attached hydrogens (tertiary/aromatic N) is 4. The van der Waals surface area contributed by atoms with E-state index >= 15 is 0 Å². The molecular weight excluding hydrogens is 375 g/mol. The Bertz CT molecular complexity index is 1000. The van der Waals surface area contributed by atoms with Gasteiger partial charge in [0.1, 0.15) is 17.4 Å². The van der Waals surface area contributed by atoms with E-state index in [1.54, 1.807) is 19.9 Å². The van der Waals surface area contributed by atoms with Crippen molar-refractivity contribution in [1.82, 2.24) is 19.8 Å². The van der Waals surface area contributed by atoms with Gasteiger partial charge in [-0.1, -0.05) is 18.2 Å². The maximum absolute atomic E-state index is 14.7. The van der Waals surface area contributed by atoms with E-state index in [0.717, 1.165) is 0 Å². The van der Waals surface area contributed by atoms with Gasteiger partial charge < -0.3 is 14.9 Å². The molecule has 0 aliphatic carbocycles. The summed E-state index contributed by atoms with van der Waals surface area (Å²) in [4.78, 5) is 37.1. The zero-order valence-corrected chi connectivity index (χ0v) is 16.8. The third-order valence-electron chi connectivity index (χ3n) is 4.88. The van der Waals surface area contributed by atoms with Crippen molar-refractivity contribution in [2.24, 2.45) is 0 Å².